The highest BCUT2D eigenvalue weighted by Gasteiger charge is 2.14. The molecule has 0 radical (unpaired) electrons. The number of aryl methyl sites for hydroxylation is 1. The molecule has 0 amide bonds. The van der Waals surface area contributed by atoms with Crippen molar-refractivity contribution in [3.63, 3.8) is 0 Å². The largest absolute Gasteiger partial charge is 0.478 e. The zero-order valence-electron chi connectivity index (χ0n) is 8.01. The number of hydrogen-bond acceptors (Lipinski definition) is 2. The molecule has 0 unspecified atom stereocenters. The third-order valence-corrected chi connectivity index (χ3v) is 2.40. The van der Waals surface area contributed by atoms with Crippen molar-refractivity contribution in [1.82, 2.24) is 0 Å². The highest BCUT2D eigenvalue weighted by atomic mass is 16.4. The van der Waals surface area contributed by atoms with Gasteiger partial charge >= 0.3 is 5.97 Å². The first-order chi connectivity index (χ1) is 5.95. The molecule has 0 fully saturated rings. The van der Waals surface area contributed by atoms with Crippen molar-refractivity contribution in [2.45, 2.75) is 20.8 Å². The van der Waals surface area contributed by atoms with Crippen molar-refractivity contribution < 1.29 is 9.90 Å². The number of nitrogens with two attached hydrogens (primary N) is 1. The maximum atomic E-state index is 10.8. The molecule has 1 aromatic carbocycles. The number of nitrogen functional groups attached to an aromatic ring is 1. The average molecular weight is 179 g/mol. The second-order valence-corrected chi connectivity index (χ2v) is 3.21. The number of anilines is 1. The third-order valence-electron chi connectivity index (χ3n) is 2.40. The Hall–Kier alpha value is -1.51. The predicted octanol–water partition coefficient (Wildman–Crippen LogP) is 1.89. The van der Waals surface area contributed by atoms with Gasteiger partial charge in [-0.25, -0.2) is 4.79 Å². The number of benzene rings is 1. The van der Waals surface area contributed by atoms with E-state index in [1.165, 1.54) is 0 Å². The Kier molecular flexibility index (Phi) is 2.28. The van der Waals surface area contributed by atoms with Crippen LogP contribution < -0.4 is 5.73 Å². The molecule has 0 atom stereocenters. The number of carboxylic acid groups (broad SMARTS) is 1. The lowest BCUT2D eigenvalue weighted by Crippen LogP contribution is -2.07. The monoisotopic (exact) mass is 179 g/mol. The number of hydrogen-bond donors (Lipinski definition) is 2. The van der Waals surface area contributed by atoms with Crippen LogP contribution in [0.1, 0.15) is 27.0 Å². The minimum Gasteiger partial charge on any atom is -0.478 e. The Bertz CT molecular complexity index is 370. The summed E-state index contributed by atoms with van der Waals surface area (Å²) in [6.45, 7) is 5.60. The van der Waals surface area contributed by atoms with Gasteiger partial charge in [-0.2, -0.15) is 0 Å². The molecule has 70 valence electrons. The molecule has 0 bridgehead atoms. The van der Waals surface area contributed by atoms with Crippen molar-refractivity contribution in [3.05, 3.63) is 28.3 Å². The van der Waals surface area contributed by atoms with E-state index in [4.69, 9.17) is 10.8 Å². The van der Waals surface area contributed by atoms with Gasteiger partial charge in [-0.15, -0.1) is 0 Å². The van der Waals surface area contributed by atoms with Crippen LogP contribution in [0, 0.1) is 20.8 Å². The number of carbonyl (C=O) groups is 1. The second-order valence-electron chi connectivity index (χ2n) is 3.21. The fraction of sp³-hybridized carbons (Fsp3) is 0.300. The lowest BCUT2D eigenvalue weighted by atomic mass is 9.97. The van der Waals surface area contributed by atoms with Gasteiger partial charge in [0.1, 0.15) is 0 Å². The van der Waals surface area contributed by atoms with Crippen LogP contribution in [0.15, 0.2) is 6.07 Å². The predicted molar refractivity (Wildman–Crippen MR) is 52.0 cm³/mol. The quantitative estimate of drug-likeness (QED) is 0.647. The van der Waals surface area contributed by atoms with Gasteiger partial charge in [-0.1, -0.05) is 0 Å². The summed E-state index contributed by atoms with van der Waals surface area (Å²) in [6.07, 6.45) is 0. The third kappa shape index (κ3) is 1.49. The zero-order valence-corrected chi connectivity index (χ0v) is 8.01. The smallest absolute Gasteiger partial charge is 0.338 e. The summed E-state index contributed by atoms with van der Waals surface area (Å²) in [7, 11) is 0. The molecule has 1 rings (SSSR count). The first-order valence-corrected chi connectivity index (χ1v) is 4.04. The van der Waals surface area contributed by atoms with Gasteiger partial charge < -0.3 is 10.8 Å². The Morgan fingerprint density at radius 2 is 1.85 bits per heavy atom. The van der Waals surface area contributed by atoms with Crippen LogP contribution in [0.4, 0.5) is 5.69 Å². The standard InChI is InChI=1S/C10H13NO2/c1-5-4-8(11)9(10(12)13)7(3)6(5)2/h4H,11H2,1-3H3,(H,12,13). The first-order valence-electron chi connectivity index (χ1n) is 4.04. The molecular weight excluding hydrogens is 166 g/mol. The molecule has 0 saturated carbocycles. The molecule has 1 aromatic rings. The summed E-state index contributed by atoms with van der Waals surface area (Å²) in [5, 5.41) is 8.88. The molecule has 0 saturated heterocycles. The Labute approximate surface area is 77.2 Å². The van der Waals surface area contributed by atoms with E-state index in [1.807, 2.05) is 13.8 Å². The highest BCUT2D eigenvalue weighted by Crippen LogP contribution is 2.23. The number of rotatable bonds is 1. The van der Waals surface area contributed by atoms with Gasteiger partial charge in [0.05, 0.1) is 5.56 Å². The average Bonchev–Trinajstić information content (AvgIpc) is 1.99. The van der Waals surface area contributed by atoms with Crippen molar-refractivity contribution in [1.29, 1.82) is 0 Å². The van der Waals surface area contributed by atoms with Gasteiger partial charge in [0.15, 0.2) is 0 Å². The molecule has 0 heterocycles. The SMILES string of the molecule is Cc1cc(N)c(C(=O)O)c(C)c1C. The van der Waals surface area contributed by atoms with Crippen molar-refractivity contribution in [2.75, 3.05) is 5.73 Å². The summed E-state index contributed by atoms with van der Waals surface area (Å²) < 4.78 is 0. The summed E-state index contributed by atoms with van der Waals surface area (Å²) in [5.74, 6) is -0.960. The zero-order chi connectivity index (χ0) is 10.2. The van der Waals surface area contributed by atoms with Crippen molar-refractivity contribution >= 4 is 11.7 Å². The highest BCUT2D eigenvalue weighted by molar-refractivity contribution is 5.95. The normalized spacial score (nSPS) is 10.1. The van der Waals surface area contributed by atoms with Gasteiger partial charge in [0, 0.05) is 5.69 Å². The second kappa shape index (κ2) is 3.09. The summed E-state index contributed by atoms with van der Waals surface area (Å²) in [6, 6.07) is 1.70. The van der Waals surface area contributed by atoms with Crippen molar-refractivity contribution in [2.24, 2.45) is 0 Å². The lowest BCUT2D eigenvalue weighted by molar-refractivity contribution is 0.0697. The van der Waals surface area contributed by atoms with Crippen LogP contribution in [-0.4, -0.2) is 11.1 Å². The molecule has 0 aromatic heterocycles. The van der Waals surface area contributed by atoms with Gasteiger partial charge in [0.2, 0.25) is 0 Å². The molecule has 3 N–H and O–H groups in total. The molecule has 0 aliphatic rings. The summed E-state index contributed by atoms with van der Waals surface area (Å²) in [5.41, 5.74) is 8.95. The minimum atomic E-state index is -0.960. The molecule has 0 spiro atoms. The molecule has 0 aliphatic heterocycles. The maximum Gasteiger partial charge on any atom is 0.338 e. The van der Waals surface area contributed by atoms with E-state index in [2.05, 4.69) is 0 Å². The molecule has 13 heavy (non-hydrogen) atoms. The lowest BCUT2D eigenvalue weighted by Gasteiger charge is -2.10. The van der Waals surface area contributed by atoms with Crippen LogP contribution in [0.5, 0.6) is 0 Å². The summed E-state index contributed by atoms with van der Waals surface area (Å²) in [4.78, 5) is 10.8. The van der Waals surface area contributed by atoms with E-state index in [1.54, 1.807) is 13.0 Å². The molecular formula is C10H13NO2. The Balaban J connectivity index is 3.53. The Morgan fingerprint density at radius 1 is 1.31 bits per heavy atom. The van der Waals surface area contributed by atoms with Crippen LogP contribution in [0.3, 0.4) is 0 Å². The van der Waals surface area contributed by atoms with Crippen LogP contribution in [-0.2, 0) is 0 Å². The van der Waals surface area contributed by atoms with Gasteiger partial charge in [-0.3, -0.25) is 0 Å². The van der Waals surface area contributed by atoms with E-state index in [0.29, 0.717) is 5.69 Å². The molecule has 0 aliphatic carbocycles. The Morgan fingerprint density at radius 3 is 2.31 bits per heavy atom. The maximum absolute atomic E-state index is 10.8. The van der Waals surface area contributed by atoms with Crippen molar-refractivity contribution in [3.8, 4) is 0 Å². The van der Waals surface area contributed by atoms with Crippen LogP contribution in [0.25, 0.3) is 0 Å². The summed E-state index contributed by atoms with van der Waals surface area (Å²) >= 11 is 0. The fourth-order valence-electron chi connectivity index (χ4n) is 1.40. The molecule has 3 heteroatoms. The van der Waals surface area contributed by atoms with E-state index >= 15 is 0 Å². The van der Waals surface area contributed by atoms with E-state index < -0.39 is 5.97 Å². The van der Waals surface area contributed by atoms with Crippen LogP contribution >= 0.6 is 0 Å². The van der Waals surface area contributed by atoms with Crippen LogP contribution in [0.2, 0.25) is 0 Å². The molecule has 3 nitrogen and oxygen atoms in total. The van der Waals surface area contributed by atoms with E-state index in [0.717, 1.165) is 16.7 Å². The van der Waals surface area contributed by atoms with E-state index in [-0.39, 0.29) is 5.56 Å². The number of carboxylic acids is 1. The fourth-order valence-corrected chi connectivity index (χ4v) is 1.40. The van der Waals surface area contributed by atoms with Gasteiger partial charge in [0.25, 0.3) is 0 Å². The number of aromatic carboxylic acids is 1. The van der Waals surface area contributed by atoms with E-state index in [9.17, 15) is 4.79 Å². The minimum absolute atomic E-state index is 0.225. The first kappa shape index (κ1) is 9.58. The topological polar surface area (TPSA) is 63.3 Å². The van der Waals surface area contributed by atoms with Gasteiger partial charge in [-0.05, 0) is 43.5 Å².